The first-order valence-corrected chi connectivity index (χ1v) is 10.6. The summed E-state index contributed by atoms with van der Waals surface area (Å²) in [6.45, 7) is 1.60. The van der Waals surface area contributed by atoms with Crippen molar-refractivity contribution in [2.45, 2.75) is 32.0 Å². The Morgan fingerprint density at radius 2 is 1.94 bits per heavy atom. The van der Waals surface area contributed by atoms with E-state index in [0.29, 0.717) is 5.76 Å². The number of hydrogen-bond donors (Lipinski definition) is 1. The Hall–Kier alpha value is -3.95. The fourth-order valence-electron chi connectivity index (χ4n) is 3.93. The zero-order valence-corrected chi connectivity index (χ0v) is 18.6. The fourth-order valence-corrected chi connectivity index (χ4v) is 3.93. The molecule has 2 atom stereocenters. The molecule has 0 bridgehead atoms. The molecule has 1 fully saturated rings. The predicted molar refractivity (Wildman–Crippen MR) is 116 cm³/mol. The van der Waals surface area contributed by atoms with Crippen molar-refractivity contribution < 1.29 is 32.3 Å². The molecule has 1 aromatic heterocycles. The molecule has 1 N–H and O–H groups in total. The Morgan fingerprint density at radius 1 is 1.24 bits per heavy atom. The number of alkyl carbamates (subject to hydrolysis) is 1. The highest BCUT2D eigenvalue weighted by molar-refractivity contribution is 5.89. The van der Waals surface area contributed by atoms with Crippen LogP contribution in [-0.4, -0.2) is 41.6 Å². The zero-order chi connectivity index (χ0) is 24.2. The van der Waals surface area contributed by atoms with Gasteiger partial charge in [-0.1, -0.05) is 30.3 Å². The number of aryl methyl sites for hydroxylation is 1. The number of nitrogens with zero attached hydrogens (tertiary/aromatic N) is 2. The summed E-state index contributed by atoms with van der Waals surface area (Å²) in [5.41, 5.74) is 0.425. The maximum Gasteiger partial charge on any atom is 0.408 e. The van der Waals surface area contributed by atoms with E-state index in [4.69, 9.17) is 13.9 Å². The van der Waals surface area contributed by atoms with Crippen LogP contribution in [0.2, 0.25) is 0 Å². The van der Waals surface area contributed by atoms with Crippen LogP contribution in [0.1, 0.15) is 28.7 Å². The zero-order valence-electron chi connectivity index (χ0n) is 18.6. The summed E-state index contributed by atoms with van der Waals surface area (Å²) in [7, 11) is 1.29. The fraction of sp³-hybridized carbons (Fsp3) is 0.292. The predicted octanol–water partition coefficient (Wildman–Crippen LogP) is 3.69. The van der Waals surface area contributed by atoms with Crippen molar-refractivity contribution in [2.75, 3.05) is 13.7 Å². The number of rotatable bonds is 7. The molecule has 3 aromatic rings. The van der Waals surface area contributed by atoms with E-state index in [0.717, 1.165) is 17.7 Å². The smallest absolute Gasteiger partial charge is 0.408 e. The lowest BCUT2D eigenvalue weighted by molar-refractivity contribution is -0.130. The molecule has 2 heterocycles. The molecule has 0 aliphatic carbocycles. The number of likely N-dealkylation sites (tertiary alicyclic amines) is 1. The molecule has 10 heteroatoms. The summed E-state index contributed by atoms with van der Waals surface area (Å²) in [6.07, 6.45) is 0.627. The average Bonchev–Trinajstić information content (AvgIpc) is 3.36. The summed E-state index contributed by atoms with van der Waals surface area (Å²) in [4.78, 5) is 31.1. The van der Waals surface area contributed by atoms with Crippen LogP contribution in [0.15, 0.2) is 53.1 Å². The molecule has 2 aromatic carbocycles. The van der Waals surface area contributed by atoms with Crippen molar-refractivity contribution in [2.24, 2.45) is 0 Å². The van der Waals surface area contributed by atoms with Crippen LogP contribution in [0.25, 0.3) is 0 Å². The van der Waals surface area contributed by atoms with E-state index < -0.39 is 35.6 Å². The number of oxazole rings is 1. The van der Waals surface area contributed by atoms with E-state index in [9.17, 15) is 18.4 Å². The third-order valence-electron chi connectivity index (χ3n) is 5.54. The van der Waals surface area contributed by atoms with Crippen molar-refractivity contribution in [3.8, 4) is 5.75 Å². The van der Waals surface area contributed by atoms with Gasteiger partial charge in [0.1, 0.15) is 35.8 Å². The summed E-state index contributed by atoms with van der Waals surface area (Å²) < 4.78 is 45.3. The normalized spacial score (nSPS) is 17.6. The Labute approximate surface area is 194 Å². The van der Waals surface area contributed by atoms with Gasteiger partial charge < -0.3 is 24.1 Å². The third kappa shape index (κ3) is 5.00. The minimum atomic E-state index is -1.25. The van der Waals surface area contributed by atoms with Gasteiger partial charge in [0.05, 0.1) is 19.9 Å². The molecule has 8 nitrogen and oxygen atoms in total. The van der Waals surface area contributed by atoms with E-state index in [1.807, 2.05) is 6.07 Å². The molecule has 2 amide bonds. The number of ether oxygens (including phenoxy) is 2. The second-order valence-corrected chi connectivity index (χ2v) is 7.88. The van der Waals surface area contributed by atoms with Crippen LogP contribution in [0.5, 0.6) is 5.75 Å². The van der Waals surface area contributed by atoms with E-state index in [-0.39, 0.29) is 36.9 Å². The van der Waals surface area contributed by atoms with Crippen LogP contribution in [0.3, 0.4) is 0 Å². The third-order valence-corrected chi connectivity index (χ3v) is 5.54. The Morgan fingerprint density at radius 3 is 2.56 bits per heavy atom. The summed E-state index contributed by atoms with van der Waals surface area (Å²) in [5.74, 6) is -2.48. The molecule has 1 aliphatic rings. The molecule has 1 aliphatic heterocycles. The molecule has 0 spiro atoms. The highest BCUT2D eigenvalue weighted by atomic mass is 19.1. The standard InChI is InChI=1S/C24H23F2N3O5/c1-14-10-27-20(34-14)12-29-11-17(21-18(25)8-16(32-2)9-19(21)26)22(23(29)30)28-24(31)33-13-15-6-4-3-5-7-15/h3-10,17,22H,11-13H2,1-2H3,(H,28,31). The quantitative estimate of drug-likeness (QED) is 0.565. The SMILES string of the molecule is COc1cc(F)c(C2CN(Cc3ncc(C)o3)C(=O)C2NC(=O)OCc2ccccc2)c(F)c1. The number of halogens is 2. The van der Waals surface area contributed by atoms with Gasteiger partial charge in [0.2, 0.25) is 11.8 Å². The number of nitrogens with one attached hydrogen (secondary N) is 1. The van der Waals surface area contributed by atoms with Gasteiger partial charge in [0.25, 0.3) is 0 Å². The van der Waals surface area contributed by atoms with Gasteiger partial charge in [-0.2, -0.15) is 0 Å². The molecule has 4 rings (SSSR count). The van der Waals surface area contributed by atoms with Crippen molar-refractivity contribution in [3.05, 3.63) is 83.1 Å². The minimum Gasteiger partial charge on any atom is -0.497 e. The van der Waals surface area contributed by atoms with Gasteiger partial charge in [0, 0.05) is 30.2 Å². The maximum atomic E-state index is 14.9. The summed E-state index contributed by atoms with van der Waals surface area (Å²) >= 11 is 0. The number of hydrogen-bond acceptors (Lipinski definition) is 6. The second kappa shape index (κ2) is 9.90. The van der Waals surface area contributed by atoms with Gasteiger partial charge in [0.15, 0.2) is 0 Å². The summed E-state index contributed by atoms with van der Waals surface area (Å²) in [6, 6.07) is 9.79. The molecular weight excluding hydrogens is 448 g/mol. The Balaban J connectivity index is 1.57. The first-order valence-electron chi connectivity index (χ1n) is 10.6. The number of amides is 2. The van der Waals surface area contributed by atoms with Crippen LogP contribution < -0.4 is 10.1 Å². The van der Waals surface area contributed by atoms with Crippen molar-refractivity contribution in [1.29, 1.82) is 0 Å². The second-order valence-electron chi connectivity index (χ2n) is 7.88. The van der Waals surface area contributed by atoms with Crippen molar-refractivity contribution >= 4 is 12.0 Å². The number of methoxy groups -OCH3 is 1. The van der Waals surface area contributed by atoms with Gasteiger partial charge >= 0.3 is 6.09 Å². The van der Waals surface area contributed by atoms with Gasteiger partial charge in [-0.05, 0) is 12.5 Å². The lowest BCUT2D eigenvalue weighted by atomic mass is 9.93. The Bertz CT molecular complexity index is 1160. The minimum absolute atomic E-state index is 0.00182. The van der Waals surface area contributed by atoms with E-state index >= 15 is 0 Å². The molecule has 0 radical (unpaired) electrons. The Kier molecular flexibility index (Phi) is 6.76. The number of carbonyl (C=O) groups excluding carboxylic acids is 2. The van der Waals surface area contributed by atoms with E-state index in [1.54, 1.807) is 31.2 Å². The monoisotopic (exact) mass is 471 g/mol. The van der Waals surface area contributed by atoms with Crippen LogP contribution >= 0.6 is 0 Å². The van der Waals surface area contributed by atoms with Crippen LogP contribution in [-0.2, 0) is 22.7 Å². The first kappa shape index (κ1) is 23.2. The van der Waals surface area contributed by atoms with Crippen molar-refractivity contribution in [3.63, 3.8) is 0 Å². The average molecular weight is 471 g/mol. The van der Waals surface area contributed by atoms with Crippen LogP contribution in [0, 0.1) is 18.6 Å². The van der Waals surface area contributed by atoms with E-state index in [1.165, 1.54) is 18.2 Å². The van der Waals surface area contributed by atoms with Gasteiger partial charge in [-0.25, -0.2) is 18.6 Å². The highest BCUT2D eigenvalue weighted by Crippen LogP contribution is 2.35. The molecule has 178 valence electrons. The molecular formula is C24H23F2N3O5. The molecule has 2 unspecified atom stereocenters. The van der Waals surface area contributed by atoms with Gasteiger partial charge in [-0.3, -0.25) is 4.79 Å². The lowest BCUT2D eigenvalue weighted by Gasteiger charge is -2.20. The van der Waals surface area contributed by atoms with E-state index in [2.05, 4.69) is 10.3 Å². The molecule has 34 heavy (non-hydrogen) atoms. The molecule has 1 saturated heterocycles. The van der Waals surface area contributed by atoms with Crippen LogP contribution in [0.4, 0.5) is 13.6 Å². The number of aromatic nitrogens is 1. The van der Waals surface area contributed by atoms with Crippen molar-refractivity contribution in [1.82, 2.24) is 15.2 Å². The maximum absolute atomic E-state index is 14.9. The van der Waals surface area contributed by atoms with Gasteiger partial charge in [-0.15, -0.1) is 0 Å². The largest absolute Gasteiger partial charge is 0.497 e. The lowest BCUT2D eigenvalue weighted by Crippen LogP contribution is -2.44. The first-order chi connectivity index (χ1) is 16.4. The molecule has 0 saturated carbocycles. The highest BCUT2D eigenvalue weighted by Gasteiger charge is 2.45. The number of benzene rings is 2. The number of carbonyl (C=O) groups is 2. The summed E-state index contributed by atoms with van der Waals surface area (Å²) in [5, 5.41) is 2.48. The topological polar surface area (TPSA) is 93.9 Å².